The molecule has 0 spiro atoms. The highest BCUT2D eigenvalue weighted by Crippen LogP contribution is 2.29. The highest BCUT2D eigenvalue weighted by atomic mass is 16.5. The van der Waals surface area contributed by atoms with E-state index in [0.29, 0.717) is 17.0 Å². The molecule has 4 N–H and O–H groups in total. The van der Waals surface area contributed by atoms with Crippen LogP contribution in [0.2, 0.25) is 0 Å². The summed E-state index contributed by atoms with van der Waals surface area (Å²) in [5.74, 6) is 0.666. The first-order chi connectivity index (χ1) is 14.2. The Labute approximate surface area is 175 Å². The molecule has 0 radical (unpaired) electrons. The molecule has 0 aliphatic heterocycles. The van der Waals surface area contributed by atoms with E-state index in [-0.39, 0.29) is 42.0 Å². The third-order valence-corrected chi connectivity index (χ3v) is 4.84. The van der Waals surface area contributed by atoms with Crippen molar-refractivity contribution in [2.24, 2.45) is 5.73 Å². The molecule has 158 valence electrons. The van der Waals surface area contributed by atoms with Gasteiger partial charge in [0, 0.05) is 30.0 Å². The second-order valence-corrected chi connectivity index (χ2v) is 7.98. The van der Waals surface area contributed by atoms with Gasteiger partial charge in [0.1, 0.15) is 28.6 Å². The van der Waals surface area contributed by atoms with Crippen LogP contribution in [0.3, 0.4) is 0 Å². The van der Waals surface area contributed by atoms with Crippen molar-refractivity contribution in [3.8, 4) is 11.3 Å². The highest BCUT2D eigenvalue weighted by Gasteiger charge is 2.22. The van der Waals surface area contributed by atoms with Gasteiger partial charge in [-0.2, -0.15) is 5.10 Å². The summed E-state index contributed by atoms with van der Waals surface area (Å²) in [6, 6.07) is 9.12. The molecule has 0 aliphatic rings. The molecule has 0 unspecified atom stereocenters. The maximum Gasteiger partial charge on any atom is 0.254 e. The maximum atomic E-state index is 12.4. The van der Waals surface area contributed by atoms with Crippen LogP contribution in [0.15, 0.2) is 34.9 Å². The Morgan fingerprint density at radius 2 is 1.77 bits per heavy atom. The van der Waals surface area contributed by atoms with Crippen molar-refractivity contribution < 1.29 is 14.1 Å². The molecule has 0 saturated heterocycles. The fourth-order valence-electron chi connectivity index (χ4n) is 3.24. The summed E-state index contributed by atoms with van der Waals surface area (Å²) in [7, 11) is 0. The van der Waals surface area contributed by atoms with Crippen molar-refractivity contribution in [2.45, 2.75) is 52.5 Å². The molecule has 2 heterocycles. The molecule has 0 bridgehead atoms. The molecule has 2 aromatic heterocycles. The van der Waals surface area contributed by atoms with Crippen LogP contribution in [-0.2, 0) is 17.6 Å². The van der Waals surface area contributed by atoms with Crippen LogP contribution < -0.4 is 11.5 Å². The molecule has 3 rings (SSSR count). The molecule has 0 saturated carbocycles. The van der Waals surface area contributed by atoms with Gasteiger partial charge in [-0.15, -0.1) is 0 Å². The average molecular weight is 409 g/mol. The number of rotatable bonds is 8. The average Bonchev–Trinajstić information content (AvgIpc) is 3.27. The normalized spacial score (nSPS) is 11.4. The van der Waals surface area contributed by atoms with Crippen molar-refractivity contribution >= 4 is 17.5 Å². The van der Waals surface area contributed by atoms with Crippen molar-refractivity contribution in [3.63, 3.8) is 0 Å². The Hall–Kier alpha value is -3.42. The van der Waals surface area contributed by atoms with E-state index >= 15 is 0 Å². The minimum atomic E-state index is -0.623. The number of primary amides is 1. The predicted molar refractivity (Wildman–Crippen MR) is 114 cm³/mol. The summed E-state index contributed by atoms with van der Waals surface area (Å²) in [6.45, 7) is 7.86. The van der Waals surface area contributed by atoms with E-state index in [9.17, 15) is 9.59 Å². The lowest BCUT2D eigenvalue weighted by Crippen LogP contribution is -2.15. The van der Waals surface area contributed by atoms with E-state index in [1.165, 1.54) is 0 Å². The zero-order valence-corrected chi connectivity index (χ0v) is 17.7. The Morgan fingerprint density at radius 1 is 1.10 bits per heavy atom. The van der Waals surface area contributed by atoms with Gasteiger partial charge in [0.2, 0.25) is 0 Å². The lowest BCUT2D eigenvalue weighted by molar-refractivity contribution is -0.117. The summed E-state index contributed by atoms with van der Waals surface area (Å²) in [6.07, 6.45) is 0.495. The molecule has 0 fully saturated rings. The summed E-state index contributed by atoms with van der Waals surface area (Å²) < 4.78 is 6.82. The van der Waals surface area contributed by atoms with Crippen molar-refractivity contribution in [1.82, 2.24) is 14.9 Å². The first-order valence-corrected chi connectivity index (χ1v) is 9.91. The van der Waals surface area contributed by atoms with E-state index in [0.717, 1.165) is 11.3 Å². The number of aromatic nitrogens is 3. The fourth-order valence-corrected chi connectivity index (χ4v) is 3.24. The Balaban J connectivity index is 1.76. The highest BCUT2D eigenvalue weighted by molar-refractivity contribution is 6.03. The predicted octanol–water partition coefficient (Wildman–Crippen LogP) is 3.28. The van der Waals surface area contributed by atoms with Gasteiger partial charge in [-0.3, -0.25) is 9.59 Å². The molecule has 1 aromatic carbocycles. The van der Waals surface area contributed by atoms with Gasteiger partial charge in [-0.1, -0.05) is 43.3 Å². The van der Waals surface area contributed by atoms with Crippen LogP contribution in [-0.4, -0.2) is 26.6 Å². The van der Waals surface area contributed by atoms with E-state index in [2.05, 4.69) is 10.3 Å². The largest absolute Gasteiger partial charge is 0.383 e. The summed E-state index contributed by atoms with van der Waals surface area (Å²) in [5.41, 5.74) is 14.5. The Bertz CT molecular complexity index is 1060. The standard InChI is InChI=1S/C22H27N5O3/c1-12(2)18-11-16(26-30-18)10-17(28)9-14-5-7-15(8-6-14)20-19(22(24)29)21(23)27(25-20)13(3)4/h5-8,11-13H,9-10,23H2,1-4H3,(H2,24,29). The monoisotopic (exact) mass is 409 g/mol. The topological polar surface area (TPSA) is 130 Å². The van der Waals surface area contributed by atoms with Crippen molar-refractivity contribution in [1.29, 1.82) is 0 Å². The van der Waals surface area contributed by atoms with Gasteiger partial charge in [0.25, 0.3) is 5.91 Å². The van der Waals surface area contributed by atoms with Crippen LogP contribution in [0.25, 0.3) is 11.3 Å². The molecule has 3 aromatic rings. The summed E-state index contributed by atoms with van der Waals surface area (Å²) in [4.78, 5) is 24.3. The quantitative estimate of drug-likeness (QED) is 0.587. The number of hydrogen-bond acceptors (Lipinski definition) is 6. The smallest absolute Gasteiger partial charge is 0.254 e. The van der Waals surface area contributed by atoms with Crippen molar-refractivity contribution in [3.05, 3.63) is 52.9 Å². The van der Waals surface area contributed by atoms with Gasteiger partial charge >= 0.3 is 0 Å². The number of benzene rings is 1. The van der Waals surface area contributed by atoms with E-state index in [4.69, 9.17) is 16.0 Å². The first-order valence-electron chi connectivity index (χ1n) is 9.91. The SMILES string of the molecule is CC(C)c1cc(CC(=O)Cc2ccc(-c3nn(C(C)C)c(N)c3C(N)=O)cc2)no1. The molecule has 1 amide bonds. The first kappa shape index (κ1) is 21.3. The van der Waals surface area contributed by atoms with Crippen LogP contribution in [0.5, 0.6) is 0 Å². The van der Waals surface area contributed by atoms with Gasteiger partial charge < -0.3 is 16.0 Å². The number of anilines is 1. The molecule has 0 atom stereocenters. The zero-order chi connectivity index (χ0) is 22.0. The number of carbonyl (C=O) groups excluding carboxylic acids is 2. The number of carbonyl (C=O) groups is 2. The third kappa shape index (κ3) is 4.42. The number of hydrogen-bond donors (Lipinski definition) is 2. The van der Waals surface area contributed by atoms with Crippen molar-refractivity contribution in [2.75, 3.05) is 5.73 Å². The van der Waals surface area contributed by atoms with Gasteiger partial charge in [-0.25, -0.2) is 4.68 Å². The molecule has 8 nitrogen and oxygen atoms in total. The maximum absolute atomic E-state index is 12.4. The number of nitrogens with two attached hydrogens (primary N) is 2. The Kier molecular flexibility index (Phi) is 6.05. The van der Waals surface area contributed by atoms with E-state index in [1.54, 1.807) is 4.68 Å². The second-order valence-electron chi connectivity index (χ2n) is 7.98. The number of nitrogens with zero attached hydrogens (tertiary/aromatic N) is 3. The number of nitrogen functional groups attached to an aromatic ring is 1. The minimum Gasteiger partial charge on any atom is -0.383 e. The minimum absolute atomic E-state index is 0.0125. The van der Waals surface area contributed by atoms with Crippen LogP contribution >= 0.6 is 0 Å². The lowest BCUT2D eigenvalue weighted by Gasteiger charge is -2.06. The zero-order valence-electron chi connectivity index (χ0n) is 17.7. The van der Waals surface area contributed by atoms with Gasteiger partial charge in [0.15, 0.2) is 0 Å². The third-order valence-electron chi connectivity index (χ3n) is 4.84. The molecular formula is C22H27N5O3. The van der Waals surface area contributed by atoms with Crippen LogP contribution in [0.4, 0.5) is 5.82 Å². The lowest BCUT2D eigenvalue weighted by atomic mass is 10.0. The van der Waals surface area contributed by atoms with E-state index in [1.807, 2.05) is 58.0 Å². The number of ketones is 1. The summed E-state index contributed by atoms with van der Waals surface area (Å²) in [5, 5.41) is 8.43. The fraction of sp³-hybridized carbons (Fsp3) is 0.364. The summed E-state index contributed by atoms with van der Waals surface area (Å²) >= 11 is 0. The second kappa shape index (κ2) is 8.52. The van der Waals surface area contributed by atoms with E-state index < -0.39 is 5.91 Å². The molecule has 8 heteroatoms. The number of Topliss-reactive ketones (excluding diaryl/α,β-unsaturated/α-hetero) is 1. The number of amides is 1. The van der Waals surface area contributed by atoms with Gasteiger partial charge in [-0.05, 0) is 19.4 Å². The van der Waals surface area contributed by atoms with Crippen LogP contribution in [0.1, 0.15) is 67.0 Å². The van der Waals surface area contributed by atoms with Gasteiger partial charge in [0.05, 0.1) is 12.1 Å². The Morgan fingerprint density at radius 3 is 2.30 bits per heavy atom. The molecular weight excluding hydrogens is 382 g/mol. The molecule has 30 heavy (non-hydrogen) atoms. The van der Waals surface area contributed by atoms with Crippen LogP contribution in [0, 0.1) is 0 Å². The molecule has 0 aliphatic carbocycles.